The van der Waals surface area contributed by atoms with Crippen LogP contribution in [-0.2, 0) is 10.8 Å². The molecule has 8 rings (SSSR count). The fourth-order valence-electron chi connectivity index (χ4n) is 7.83. The van der Waals surface area contributed by atoms with Crippen LogP contribution in [0.3, 0.4) is 0 Å². The lowest BCUT2D eigenvalue weighted by Gasteiger charge is -2.38. The van der Waals surface area contributed by atoms with Crippen molar-refractivity contribution < 1.29 is 71.6 Å². The smallest absolute Gasteiger partial charge is 0.411 e. The van der Waals surface area contributed by atoms with E-state index in [2.05, 4.69) is 0 Å². The Morgan fingerprint density at radius 1 is 0.230 bits per heavy atom. The lowest BCUT2D eigenvalue weighted by molar-refractivity contribution is -0.290. The van der Waals surface area contributed by atoms with E-state index in [4.69, 9.17) is 41.9 Å². The zero-order valence-corrected chi connectivity index (χ0v) is 38.0. The van der Waals surface area contributed by atoms with Crippen molar-refractivity contribution in [2.75, 3.05) is 22.9 Å². The lowest BCUT2D eigenvalue weighted by Crippen LogP contribution is -2.54. The molecule has 0 unspecified atom stereocenters. The summed E-state index contributed by atoms with van der Waals surface area (Å²) in [5.74, 6) is 1.38. The Kier molecular flexibility index (Phi) is 14.9. The van der Waals surface area contributed by atoms with Crippen molar-refractivity contribution in [3.8, 4) is 46.0 Å². The molecular formula is C54H40F12N4O4. The minimum Gasteiger partial charge on any atom is -0.457 e. The van der Waals surface area contributed by atoms with Gasteiger partial charge >= 0.3 is 24.7 Å². The van der Waals surface area contributed by atoms with E-state index in [9.17, 15) is 52.7 Å². The Balaban J connectivity index is 0.000000216. The monoisotopic (exact) mass is 1040 g/mol. The van der Waals surface area contributed by atoms with E-state index in [-0.39, 0.29) is 34.5 Å². The Morgan fingerprint density at radius 3 is 0.635 bits per heavy atom. The summed E-state index contributed by atoms with van der Waals surface area (Å²) in [6.45, 7) is 0. The summed E-state index contributed by atoms with van der Waals surface area (Å²) in [5.41, 5.74) is 11.6. The topological polar surface area (TPSA) is 141 Å². The molecule has 0 fully saturated rings. The average molecular weight is 1040 g/mol. The van der Waals surface area contributed by atoms with Crippen LogP contribution in [0.4, 0.5) is 75.4 Å². The number of alkyl halides is 12. The minimum atomic E-state index is -5.72. The fourth-order valence-corrected chi connectivity index (χ4v) is 7.83. The Morgan fingerprint density at radius 2 is 0.432 bits per heavy atom. The lowest BCUT2D eigenvalue weighted by atomic mass is 9.73. The molecule has 8 N–H and O–H groups in total. The molecule has 74 heavy (non-hydrogen) atoms. The third-order valence-corrected chi connectivity index (χ3v) is 11.3. The van der Waals surface area contributed by atoms with Crippen molar-refractivity contribution in [1.29, 1.82) is 0 Å². The summed E-state index contributed by atoms with van der Waals surface area (Å²) >= 11 is 0. The first-order chi connectivity index (χ1) is 34.8. The van der Waals surface area contributed by atoms with Crippen molar-refractivity contribution in [1.82, 2.24) is 0 Å². The van der Waals surface area contributed by atoms with Gasteiger partial charge in [0.05, 0.1) is 0 Å². The van der Waals surface area contributed by atoms with Crippen molar-refractivity contribution in [3.63, 3.8) is 0 Å². The van der Waals surface area contributed by atoms with E-state index in [1.807, 2.05) is 0 Å². The van der Waals surface area contributed by atoms with Gasteiger partial charge in [-0.3, -0.25) is 0 Å². The number of hydrogen-bond acceptors (Lipinski definition) is 8. The highest BCUT2D eigenvalue weighted by atomic mass is 19.4. The average Bonchev–Trinajstić information content (AvgIpc) is 3.32. The van der Waals surface area contributed by atoms with E-state index in [1.165, 1.54) is 36.4 Å². The van der Waals surface area contributed by atoms with Gasteiger partial charge in [0.25, 0.3) is 0 Å². The van der Waals surface area contributed by atoms with Crippen LogP contribution in [0.2, 0.25) is 0 Å². The highest BCUT2D eigenvalue weighted by molar-refractivity contribution is 5.52. The van der Waals surface area contributed by atoms with Crippen molar-refractivity contribution in [2.24, 2.45) is 0 Å². The van der Waals surface area contributed by atoms with Gasteiger partial charge in [0, 0.05) is 34.9 Å². The van der Waals surface area contributed by atoms with Crippen LogP contribution in [0.1, 0.15) is 22.3 Å². The van der Waals surface area contributed by atoms with E-state index in [0.29, 0.717) is 34.2 Å². The van der Waals surface area contributed by atoms with Crippen molar-refractivity contribution >= 4 is 22.7 Å². The van der Waals surface area contributed by atoms with Gasteiger partial charge < -0.3 is 41.9 Å². The largest absolute Gasteiger partial charge is 0.457 e. The Labute approximate surface area is 414 Å². The first kappa shape index (κ1) is 53.1. The summed E-state index contributed by atoms with van der Waals surface area (Å²) < 4.78 is 195. The highest BCUT2D eigenvalue weighted by Crippen LogP contribution is 2.58. The van der Waals surface area contributed by atoms with Crippen molar-refractivity contribution in [2.45, 2.75) is 35.5 Å². The highest BCUT2D eigenvalue weighted by Gasteiger charge is 2.73. The molecule has 0 bridgehead atoms. The second kappa shape index (κ2) is 20.8. The van der Waals surface area contributed by atoms with Gasteiger partial charge in [0.15, 0.2) is 0 Å². The van der Waals surface area contributed by atoms with E-state index < -0.39 is 57.8 Å². The second-order valence-electron chi connectivity index (χ2n) is 16.3. The van der Waals surface area contributed by atoms with Gasteiger partial charge in [0.1, 0.15) is 46.0 Å². The van der Waals surface area contributed by atoms with E-state index >= 15 is 0 Å². The van der Waals surface area contributed by atoms with Gasteiger partial charge in [-0.05, 0) is 144 Å². The molecule has 0 aliphatic carbocycles. The summed E-state index contributed by atoms with van der Waals surface area (Å²) in [6, 6.07) is 39.1. The number of rotatable bonds is 12. The van der Waals surface area contributed by atoms with Crippen LogP contribution in [0, 0.1) is 0 Å². The molecule has 8 aromatic carbocycles. The van der Waals surface area contributed by atoms with E-state index in [0.717, 1.165) is 97.1 Å². The second-order valence-corrected chi connectivity index (χ2v) is 16.3. The summed E-state index contributed by atoms with van der Waals surface area (Å²) in [4.78, 5) is 0. The SMILES string of the molecule is Nc1ccc(Oc2ccc(C(c3ccc(Oc4ccc(N)cc4)cc3)(C(F)(F)F)C(F)(F)F)cc2)cc1.Nc1cccc(Oc2ccc(C(c3ccc(Oc4cccc(N)c4)cc3)(C(F)(F)F)C(F)(F)F)cc2)c1. The van der Waals surface area contributed by atoms with E-state index in [1.54, 1.807) is 60.7 Å². The molecule has 0 saturated heterocycles. The molecule has 8 aromatic rings. The van der Waals surface area contributed by atoms with Gasteiger partial charge in [-0.15, -0.1) is 0 Å². The zero-order valence-electron chi connectivity index (χ0n) is 38.0. The third-order valence-electron chi connectivity index (χ3n) is 11.3. The third kappa shape index (κ3) is 11.3. The number of ether oxygens (including phenoxy) is 4. The predicted molar refractivity (Wildman–Crippen MR) is 255 cm³/mol. The van der Waals surface area contributed by atoms with Crippen LogP contribution in [0.5, 0.6) is 46.0 Å². The van der Waals surface area contributed by atoms with Crippen LogP contribution < -0.4 is 41.9 Å². The summed E-state index contributed by atoms with van der Waals surface area (Å²) in [5, 5.41) is 0. The standard InChI is InChI=1S/2C27H20F6N2O2/c28-26(29,30)25(27(31,32)33,17-1-9-21(10-2-17)36-23-13-5-19(34)6-14-23)18-3-11-22(12-4-18)37-24-15-7-20(35)8-16-24;28-26(29,30)25(27(31,32)33,17-7-11-21(12-8-17)36-23-5-1-3-19(34)15-23)18-9-13-22(14-10-18)37-24-6-2-4-20(35)16-24/h2*1-16H,34-35H2. The predicted octanol–water partition coefficient (Wildman–Crippen LogP) is 15.7. The molecule has 0 amide bonds. The summed E-state index contributed by atoms with van der Waals surface area (Å²) in [7, 11) is 0. The zero-order chi connectivity index (χ0) is 53.7. The molecule has 0 aliphatic rings. The van der Waals surface area contributed by atoms with Gasteiger partial charge in [0.2, 0.25) is 10.8 Å². The Bertz CT molecular complexity index is 2910. The van der Waals surface area contributed by atoms with Gasteiger partial charge in [-0.25, -0.2) is 0 Å². The van der Waals surface area contributed by atoms with Crippen LogP contribution in [0.15, 0.2) is 194 Å². The molecule has 384 valence electrons. The number of anilines is 4. The number of nitrogen functional groups attached to an aromatic ring is 4. The number of nitrogens with two attached hydrogens (primary N) is 4. The molecule has 0 aliphatic heterocycles. The number of benzene rings is 8. The summed E-state index contributed by atoms with van der Waals surface area (Å²) in [6.07, 6.45) is -22.9. The molecule has 0 radical (unpaired) electrons. The molecular weight excluding hydrogens is 997 g/mol. The normalized spacial score (nSPS) is 12.3. The maximum atomic E-state index is 14.4. The first-order valence-corrected chi connectivity index (χ1v) is 21.6. The Hall–Kier alpha value is -8.68. The van der Waals surface area contributed by atoms with Crippen molar-refractivity contribution in [3.05, 3.63) is 216 Å². The quantitative estimate of drug-likeness (QED) is 0.0700. The maximum absolute atomic E-state index is 14.4. The van der Waals surface area contributed by atoms with Gasteiger partial charge in [-0.1, -0.05) is 60.7 Å². The van der Waals surface area contributed by atoms with Crippen LogP contribution in [0.25, 0.3) is 0 Å². The molecule has 0 atom stereocenters. The molecule has 0 aromatic heterocycles. The minimum absolute atomic E-state index is 0.0403. The maximum Gasteiger partial charge on any atom is 0.411 e. The molecule has 8 nitrogen and oxygen atoms in total. The number of hydrogen-bond donors (Lipinski definition) is 4. The molecule has 0 spiro atoms. The number of halogens is 12. The van der Waals surface area contributed by atoms with Crippen LogP contribution >= 0.6 is 0 Å². The van der Waals surface area contributed by atoms with Crippen LogP contribution in [-0.4, -0.2) is 24.7 Å². The van der Waals surface area contributed by atoms with Gasteiger partial charge in [-0.2, -0.15) is 52.7 Å². The molecule has 0 heterocycles. The fraction of sp³-hybridized carbons (Fsp3) is 0.111. The molecule has 0 saturated carbocycles. The molecule has 20 heteroatoms. The first-order valence-electron chi connectivity index (χ1n) is 21.6.